The number of nitrogens with one attached hydrogen (secondary N) is 1. The van der Waals surface area contributed by atoms with Crippen LogP contribution in [0.3, 0.4) is 0 Å². The maximum absolute atomic E-state index is 3.54. The summed E-state index contributed by atoms with van der Waals surface area (Å²) in [6, 6.07) is 11.0. The molecule has 112 valence electrons. The molecule has 1 aromatic carbocycles. The van der Waals surface area contributed by atoms with E-state index in [1.165, 1.54) is 18.5 Å². The molecule has 0 saturated heterocycles. The fourth-order valence-electron chi connectivity index (χ4n) is 3.20. The Morgan fingerprint density at radius 1 is 1.30 bits per heavy atom. The normalized spacial score (nSPS) is 24.6. The van der Waals surface area contributed by atoms with E-state index < -0.39 is 0 Å². The zero-order chi connectivity index (χ0) is 14.6. The molecule has 0 bridgehead atoms. The van der Waals surface area contributed by atoms with Gasteiger partial charge in [-0.1, -0.05) is 51.1 Å². The quantitative estimate of drug-likeness (QED) is 0.783. The minimum atomic E-state index is 0.185. The Kier molecular flexibility index (Phi) is 5.22. The SMILES string of the molecule is CCNCC(C)(CN(C)CC1CC1C)c1ccccc1. The van der Waals surface area contributed by atoms with Crippen molar-refractivity contribution in [3.05, 3.63) is 35.9 Å². The Balaban J connectivity index is 2.02. The minimum Gasteiger partial charge on any atom is -0.316 e. The van der Waals surface area contributed by atoms with Gasteiger partial charge in [-0.2, -0.15) is 0 Å². The van der Waals surface area contributed by atoms with Crippen LogP contribution in [-0.2, 0) is 5.41 Å². The zero-order valence-corrected chi connectivity index (χ0v) is 13.5. The molecule has 0 aromatic heterocycles. The van der Waals surface area contributed by atoms with E-state index in [0.29, 0.717) is 0 Å². The minimum absolute atomic E-state index is 0.185. The van der Waals surface area contributed by atoms with Crippen molar-refractivity contribution in [2.24, 2.45) is 11.8 Å². The summed E-state index contributed by atoms with van der Waals surface area (Å²) in [7, 11) is 2.28. The first-order valence-electron chi connectivity index (χ1n) is 8.00. The van der Waals surface area contributed by atoms with Gasteiger partial charge in [-0.15, -0.1) is 0 Å². The van der Waals surface area contributed by atoms with Crippen LogP contribution in [0, 0.1) is 11.8 Å². The molecule has 3 atom stereocenters. The highest BCUT2D eigenvalue weighted by Crippen LogP contribution is 2.38. The summed E-state index contributed by atoms with van der Waals surface area (Å²) < 4.78 is 0. The van der Waals surface area contributed by atoms with Crippen molar-refractivity contribution < 1.29 is 0 Å². The lowest BCUT2D eigenvalue weighted by molar-refractivity contribution is 0.240. The first-order chi connectivity index (χ1) is 9.55. The maximum atomic E-state index is 3.54. The molecule has 3 unspecified atom stereocenters. The van der Waals surface area contributed by atoms with Crippen molar-refractivity contribution in [2.45, 2.75) is 32.6 Å². The highest BCUT2D eigenvalue weighted by Gasteiger charge is 2.35. The molecule has 1 N–H and O–H groups in total. The van der Waals surface area contributed by atoms with E-state index in [0.717, 1.165) is 31.5 Å². The van der Waals surface area contributed by atoms with Crippen molar-refractivity contribution >= 4 is 0 Å². The van der Waals surface area contributed by atoms with Gasteiger partial charge in [-0.3, -0.25) is 0 Å². The van der Waals surface area contributed by atoms with Gasteiger partial charge in [0, 0.05) is 25.0 Å². The summed E-state index contributed by atoms with van der Waals surface area (Å²) in [5.41, 5.74) is 1.63. The number of rotatable bonds is 8. The van der Waals surface area contributed by atoms with Crippen molar-refractivity contribution in [1.29, 1.82) is 0 Å². The van der Waals surface area contributed by atoms with Crippen LogP contribution in [0.4, 0.5) is 0 Å². The lowest BCUT2D eigenvalue weighted by atomic mass is 9.81. The first kappa shape index (κ1) is 15.5. The summed E-state index contributed by atoms with van der Waals surface area (Å²) in [6.45, 7) is 11.4. The van der Waals surface area contributed by atoms with Crippen molar-refractivity contribution in [2.75, 3.05) is 33.2 Å². The number of likely N-dealkylation sites (N-methyl/N-ethyl adjacent to an activating group) is 2. The zero-order valence-electron chi connectivity index (χ0n) is 13.5. The summed E-state index contributed by atoms with van der Waals surface area (Å²) in [5.74, 6) is 1.87. The predicted molar refractivity (Wildman–Crippen MR) is 87.1 cm³/mol. The van der Waals surface area contributed by atoms with Gasteiger partial charge in [-0.25, -0.2) is 0 Å². The van der Waals surface area contributed by atoms with Crippen LogP contribution in [0.5, 0.6) is 0 Å². The van der Waals surface area contributed by atoms with Crippen molar-refractivity contribution in [3.8, 4) is 0 Å². The molecule has 0 spiro atoms. The topological polar surface area (TPSA) is 15.3 Å². The van der Waals surface area contributed by atoms with E-state index >= 15 is 0 Å². The molecule has 1 aromatic rings. The van der Waals surface area contributed by atoms with E-state index in [1.54, 1.807) is 0 Å². The number of nitrogens with zero attached hydrogens (tertiary/aromatic N) is 1. The van der Waals surface area contributed by atoms with Gasteiger partial charge in [0.2, 0.25) is 0 Å². The molecule has 1 aliphatic carbocycles. The third kappa shape index (κ3) is 4.07. The fourth-order valence-corrected chi connectivity index (χ4v) is 3.20. The van der Waals surface area contributed by atoms with Crippen LogP contribution in [0.15, 0.2) is 30.3 Å². The summed E-state index contributed by atoms with van der Waals surface area (Å²) in [4.78, 5) is 2.53. The molecule has 1 aliphatic rings. The molecule has 2 rings (SSSR count). The molecule has 1 fully saturated rings. The largest absolute Gasteiger partial charge is 0.316 e. The second-order valence-electron chi connectivity index (χ2n) is 6.88. The lowest BCUT2D eigenvalue weighted by Gasteiger charge is -2.35. The summed E-state index contributed by atoms with van der Waals surface area (Å²) in [5, 5.41) is 3.54. The smallest absolute Gasteiger partial charge is 0.0176 e. The highest BCUT2D eigenvalue weighted by molar-refractivity contribution is 5.25. The Bertz CT molecular complexity index is 403. The average molecular weight is 274 g/mol. The monoisotopic (exact) mass is 274 g/mol. The molecule has 1 saturated carbocycles. The molecular weight excluding hydrogens is 244 g/mol. The molecular formula is C18H30N2. The Hall–Kier alpha value is -0.860. The Labute approximate surface area is 124 Å². The van der Waals surface area contributed by atoms with E-state index in [-0.39, 0.29) is 5.41 Å². The van der Waals surface area contributed by atoms with Gasteiger partial charge in [0.15, 0.2) is 0 Å². The van der Waals surface area contributed by atoms with Crippen LogP contribution in [0.1, 0.15) is 32.8 Å². The van der Waals surface area contributed by atoms with Gasteiger partial charge < -0.3 is 10.2 Å². The van der Waals surface area contributed by atoms with Crippen molar-refractivity contribution in [1.82, 2.24) is 10.2 Å². The number of benzene rings is 1. The molecule has 2 heteroatoms. The first-order valence-corrected chi connectivity index (χ1v) is 8.00. The molecule has 0 radical (unpaired) electrons. The van der Waals surface area contributed by atoms with Gasteiger partial charge in [0.25, 0.3) is 0 Å². The van der Waals surface area contributed by atoms with Crippen LogP contribution in [0.25, 0.3) is 0 Å². The summed E-state index contributed by atoms with van der Waals surface area (Å²) in [6.07, 6.45) is 1.42. The molecule has 0 amide bonds. The van der Waals surface area contributed by atoms with E-state index in [2.05, 4.69) is 68.4 Å². The van der Waals surface area contributed by atoms with Crippen LogP contribution >= 0.6 is 0 Å². The van der Waals surface area contributed by atoms with Gasteiger partial charge in [-0.05, 0) is 37.4 Å². The van der Waals surface area contributed by atoms with Crippen molar-refractivity contribution in [3.63, 3.8) is 0 Å². The van der Waals surface area contributed by atoms with Gasteiger partial charge >= 0.3 is 0 Å². The third-order valence-electron chi connectivity index (χ3n) is 4.68. The average Bonchev–Trinajstić information content (AvgIpc) is 3.12. The standard InChI is InChI=1S/C18H30N2/c1-5-19-13-18(3,17-9-7-6-8-10-17)14-20(4)12-16-11-15(16)2/h6-10,15-16,19H,5,11-14H2,1-4H3. The molecule has 20 heavy (non-hydrogen) atoms. The second kappa shape index (κ2) is 6.73. The molecule has 0 heterocycles. The Morgan fingerprint density at radius 2 is 1.95 bits per heavy atom. The predicted octanol–water partition coefficient (Wildman–Crippen LogP) is 3.14. The fraction of sp³-hybridized carbons (Fsp3) is 0.667. The molecule has 2 nitrogen and oxygen atoms in total. The molecule has 0 aliphatic heterocycles. The summed E-state index contributed by atoms with van der Waals surface area (Å²) >= 11 is 0. The van der Waals surface area contributed by atoms with Crippen LogP contribution < -0.4 is 5.32 Å². The van der Waals surface area contributed by atoms with Crippen LogP contribution in [-0.4, -0.2) is 38.1 Å². The van der Waals surface area contributed by atoms with E-state index in [4.69, 9.17) is 0 Å². The third-order valence-corrected chi connectivity index (χ3v) is 4.68. The van der Waals surface area contributed by atoms with Gasteiger partial charge in [0.1, 0.15) is 0 Å². The number of hydrogen-bond donors (Lipinski definition) is 1. The number of hydrogen-bond acceptors (Lipinski definition) is 2. The van der Waals surface area contributed by atoms with E-state index in [9.17, 15) is 0 Å². The highest BCUT2D eigenvalue weighted by atomic mass is 15.1. The Morgan fingerprint density at radius 3 is 2.50 bits per heavy atom. The van der Waals surface area contributed by atoms with Crippen LogP contribution in [0.2, 0.25) is 0 Å². The second-order valence-corrected chi connectivity index (χ2v) is 6.88. The van der Waals surface area contributed by atoms with E-state index in [1.807, 2.05) is 0 Å². The lowest BCUT2D eigenvalue weighted by Crippen LogP contribution is -2.44. The maximum Gasteiger partial charge on any atom is 0.0176 e. The van der Waals surface area contributed by atoms with Gasteiger partial charge in [0.05, 0.1) is 0 Å².